The van der Waals surface area contributed by atoms with E-state index in [0.717, 1.165) is 48.9 Å². The fourth-order valence-corrected chi connectivity index (χ4v) is 6.51. The van der Waals surface area contributed by atoms with E-state index in [0.29, 0.717) is 42.4 Å². The first kappa shape index (κ1) is 32.8. The van der Waals surface area contributed by atoms with Gasteiger partial charge in [-0.25, -0.2) is 4.79 Å². The van der Waals surface area contributed by atoms with E-state index in [1.165, 1.54) is 11.3 Å². The zero-order valence-corrected chi connectivity index (χ0v) is 27.6. The van der Waals surface area contributed by atoms with Gasteiger partial charge in [0, 0.05) is 55.9 Å². The minimum Gasteiger partial charge on any atom is -0.379 e. The number of carbonyl (C=O) groups excluding carboxylic acids is 3. The fraction of sp³-hybridized carbons (Fsp3) is 0.515. The highest BCUT2D eigenvalue weighted by Crippen LogP contribution is 2.38. The number of thiophene rings is 1. The lowest BCUT2D eigenvalue weighted by Gasteiger charge is -2.41. The van der Waals surface area contributed by atoms with Gasteiger partial charge in [0.05, 0.1) is 25.4 Å². The molecule has 0 bridgehead atoms. The van der Waals surface area contributed by atoms with Crippen molar-refractivity contribution < 1.29 is 23.9 Å². The van der Waals surface area contributed by atoms with Crippen LogP contribution in [0, 0.1) is 0 Å². The zero-order valence-electron chi connectivity index (χ0n) is 26.8. The van der Waals surface area contributed by atoms with Crippen molar-refractivity contribution in [1.82, 2.24) is 15.1 Å². The molecular weight excluding hydrogens is 592 g/mol. The van der Waals surface area contributed by atoms with Crippen LogP contribution in [0.3, 0.4) is 0 Å². The molecule has 3 N–H and O–H groups in total. The zero-order chi connectivity index (χ0) is 32.2. The highest BCUT2D eigenvalue weighted by molar-refractivity contribution is 7.16. The number of allylic oxidation sites excluding steroid dienone is 1. The molecule has 3 aliphatic rings. The molecule has 0 spiro atoms. The van der Waals surface area contributed by atoms with Crippen LogP contribution in [0.5, 0.6) is 0 Å². The number of ether oxygens (including phenoxy) is 2. The smallest absolute Gasteiger partial charge is 0.324 e. The van der Waals surface area contributed by atoms with Gasteiger partial charge in [0.25, 0.3) is 5.91 Å². The van der Waals surface area contributed by atoms with E-state index in [1.807, 2.05) is 36.5 Å². The van der Waals surface area contributed by atoms with Gasteiger partial charge in [-0.3, -0.25) is 24.8 Å². The minimum atomic E-state index is -1.01. The molecular formula is C33H44N6O5S. The average Bonchev–Trinajstić information content (AvgIpc) is 3.43. The standard InChI is InChI=1S/C33H44N6O5S/c1-32(2,3)26-20-25(29(40)39-12-11-34-30(41)33(39,4)5)28(45-26)37-31(42)36-24-8-6-7-22(19-24)23-9-10-27(35-21-23)44-18-15-38-13-16-43-17-14-38/h6-9,19-21,27H,10-18H2,1-5H3,(H,34,41)(H2,36,37,42). The van der Waals surface area contributed by atoms with Crippen molar-refractivity contribution in [2.45, 2.75) is 58.2 Å². The van der Waals surface area contributed by atoms with Gasteiger partial charge in [-0.05, 0) is 48.6 Å². The summed E-state index contributed by atoms with van der Waals surface area (Å²) in [7, 11) is 0. The van der Waals surface area contributed by atoms with E-state index < -0.39 is 11.6 Å². The van der Waals surface area contributed by atoms with Crippen LogP contribution in [-0.2, 0) is 19.7 Å². The number of morpholine rings is 1. The Hall–Kier alpha value is -3.58. The molecule has 1 atom stereocenters. The number of nitrogens with one attached hydrogen (secondary N) is 3. The summed E-state index contributed by atoms with van der Waals surface area (Å²) in [6.45, 7) is 15.3. The van der Waals surface area contributed by atoms with Crippen molar-refractivity contribution in [3.8, 4) is 0 Å². The maximum Gasteiger partial charge on any atom is 0.324 e. The second-order valence-corrected chi connectivity index (χ2v) is 14.0. The first-order valence-electron chi connectivity index (χ1n) is 15.5. The maximum atomic E-state index is 13.8. The van der Waals surface area contributed by atoms with Gasteiger partial charge in [0.15, 0.2) is 6.23 Å². The normalized spacial score (nSPS) is 20.4. The van der Waals surface area contributed by atoms with Crippen LogP contribution in [0.15, 0.2) is 41.4 Å². The van der Waals surface area contributed by atoms with E-state index in [-0.39, 0.29) is 23.5 Å². The lowest BCUT2D eigenvalue weighted by atomic mass is 9.93. The van der Waals surface area contributed by atoms with E-state index in [9.17, 15) is 14.4 Å². The average molecular weight is 637 g/mol. The predicted molar refractivity (Wildman–Crippen MR) is 178 cm³/mol. The van der Waals surface area contributed by atoms with Crippen molar-refractivity contribution >= 4 is 51.7 Å². The third-order valence-electron chi connectivity index (χ3n) is 8.22. The summed E-state index contributed by atoms with van der Waals surface area (Å²) >= 11 is 1.37. The molecule has 0 radical (unpaired) electrons. The Bertz CT molecular complexity index is 1470. The topological polar surface area (TPSA) is 125 Å². The summed E-state index contributed by atoms with van der Waals surface area (Å²) in [6.07, 6.45) is 4.40. The molecule has 1 aromatic carbocycles. The molecule has 45 heavy (non-hydrogen) atoms. The Morgan fingerprint density at radius 2 is 1.93 bits per heavy atom. The number of hydrogen-bond donors (Lipinski definition) is 3. The number of carbonyl (C=O) groups is 3. The fourth-order valence-electron chi connectivity index (χ4n) is 5.41. The summed E-state index contributed by atoms with van der Waals surface area (Å²) < 4.78 is 11.4. The van der Waals surface area contributed by atoms with Gasteiger partial charge in [-0.2, -0.15) is 0 Å². The van der Waals surface area contributed by atoms with Crippen molar-refractivity contribution in [1.29, 1.82) is 0 Å². The number of aliphatic imine (C=N–C) groups is 1. The highest BCUT2D eigenvalue weighted by atomic mass is 32.1. The lowest BCUT2D eigenvalue weighted by Crippen LogP contribution is -2.63. The number of benzene rings is 1. The van der Waals surface area contributed by atoms with Crippen molar-refractivity contribution in [2.24, 2.45) is 4.99 Å². The number of dihydropyridines is 1. The maximum absolute atomic E-state index is 13.8. The largest absolute Gasteiger partial charge is 0.379 e. The minimum absolute atomic E-state index is 0.201. The molecule has 1 aromatic heterocycles. The molecule has 11 nitrogen and oxygen atoms in total. The Labute approximate surface area is 269 Å². The molecule has 5 rings (SSSR count). The van der Waals surface area contributed by atoms with Gasteiger partial charge < -0.3 is 25.0 Å². The number of anilines is 2. The van der Waals surface area contributed by atoms with Gasteiger partial charge in [0.2, 0.25) is 5.91 Å². The Morgan fingerprint density at radius 3 is 2.64 bits per heavy atom. The Morgan fingerprint density at radius 1 is 1.16 bits per heavy atom. The van der Waals surface area contributed by atoms with Crippen LogP contribution in [-0.4, -0.2) is 98.2 Å². The molecule has 0 saturated carbocycles. The molecule has 0 aliphatic carbocycles. The number of nitrogens with zero attached hydrogens (tertiary/aromatic N) is 3. The Kier molecular flexibility index (Phi) is 10.1. The second-order valence-electron chi connectivity index (χ2n) is 13.0. The van der Waals surface area contributed by atoms with Gasteiger partial charge in [0.1, 0.15) is 10.5 Å². The van der Waals surface area contributed by atoms with Crippen molar-refractivity contribution in [3.63, 3.8) is 0 Å². The molecule has 2 saturated heterocycles. The van der Waals surface area contributed by atoms with Crippen LogP contribution >= 0.6 is 11.3 Å². The van der Waals surface area contributed by atoms with Crippen molar-refractivity contribution in [3.05, 3.63) is 52.4 Å². The summed E-state index contributed by atoms with van der Waals surface area (Å²) in [6, 6.07) is 8.94. The first-order chi connectivity index (χ1) is 21.4. The van der Waals surface area contributed by atoms with Crippen LogP contribution in [0.25, 0.3) is 5.57 Å². The molecule has 4 heterocycles. The van der Waals surface area contributed by atoms with Gasteiger partial charge in [-0.15, -0.1) is 11.3 Å². The first-order valence-corrected chi connectivity index (χ1v) is 16.3. The number of piperazine rings is 1. The van der Waals surface area contributed by atoms with E-state index in [2.05, 4.69) is 52.7 Å². The van der Waals surface area contributed by atoms with Gasteiger partial charge in [-0.1, -0.05) is 39.0 Å². The van der Waals surface area contributed by atoms with Crippen LogP contribution in [0.2, 0.25) is 0 Å². The number of amides is 4. The SMILES string of the molecule is CC(C)(C)c1cc(C(=O)N2CCNC(=O)C2(C)C)c(NC(=O)Nc2cccc(C3=CCC(OCCN4CCOCC4)N=C3)c2)s1. The number of hydrogen-bond acceptors (Lipinski definition) is 8. The summed E-state index contributed by atoms with van der Waals surface area (Å²) in [5.74, 6) is -0.490. The van der Waals surface area contributed by atoms with Crippen molar-refractivity contribution in [2.75, 3.05) is 63.2 Å². The van der Waals surface area contributed by atoms with Gasteiger partial charge >= 0.3 is 6.03 Å². The number of urea groups is 1. The molecule has 1 unspecified atom stereocenters. The molecule has 4 amide bonds. The van der Waals surface area contributed by atoms with Crippen LogP contribution in [0.1, 0.15) is 61.8 Å². The third kappa shape index (κ3) is 7.99. The molecule has 12 heteroatoms. The van der Waals surface area contributed by atoms with E-state index in [1.54, 1.807) is 18.7 Å². The lowest BCUT2D eigenvalue weighted by molar-refractivity contribution is -0.133. The summed E-state index contributed by atoms with van der Waals surface area (Å²) in [5, 5.41) is 9.10. The molecule has 2 aromatic rings. The van der Waals surface area contributed by atoms with Crippen LogP contribution in [0.4, 0.5) is 15.5 Å². The Balaban J connectivity index is 1.22. The molecule has 2 fully saturated rings. The monoisotopic (exact) mass is 636 g/mol. The predicted octanol–water partition coefficient (Wildman–Crippen LogP) is 4.57. The van der Waals surface area contributed by atoms with Crippen LogP contribution < -0.4 is 16.0 Å². The second kappa shape index (κ2) is 13.8. The molecule has 3 aliphatic heterocycles. The number of rotatable bonds is 8. The quantitative estimate of drug-likeness (QED) is 0.390. The highest BCUT2D eigenvalue weighted by Gasteiger charge is 2.42. The van der Waals surface area contributed by atoms with E-state index >= 15 is 0 Å². The third-order valence-corrected chi connectivity index (χ3v) is 9.70. The summed E-state index contributed by atoms with van der Waals surface area (Å²) in [5.41, 5.74) is 1.63. The van der Waals surface area contributed by atoms with E-state index in [4.69, 9.17) is 9.47 Å². The molecule has 242 valence electrons. The summed E-state index contributed by atoms with van der Waals surface area (Å²) in [4.78, 5) is 49.0.